The third-order valence-electron chi connectivity index (χ3n) is 5.02. The minimum atomic E-state index is -0.980. The van der Waals surface area contributed by atoms with Crippen LogP contribution < -0.4 is 10.6 Å². The van der Waals surface area contributed by atoms with Crippen LogP contribution in [0.15, 0.2) is 47.1 Å². The SMILES string of the molecule is CC(C)C(NC(=O)c1ccco1)C(=O)Nc1cccc(CS(=O)C2CCOCC2)c1. The van der Waals surface area contributed by atoms with E-state index in [0.717, 1.165) is 18.4 Å². The molecule has 2 amide bonds. The first-order valence-corrected chi connectivity index (χ1v) is 11.5. The fraction of sp³-hybridized carbons (Fsp3) is 0.455. The topological polar surface area (TPSA) is 97.6 Å². The fourth-order valence-corrected chi connectivity index (χ4v) is 4.80. The van der Waals surface area contributed by atoms with Gasteiger partial charge in [-0.1, -0.05) is 26.0 Å². The van der Waals surface area contributed by atoms with Crippen molar-refractivity contribution in [3.63, 3.8) is 0 Å². The zero-order chi connectivity index (χ0) is 21.5. The summed E-state index contributed by atoms with van der Waals surface area (Å²) in [6.45, 7) is 5.04. The lowest BCUT2D eigenvalue weighted by molar-refractivity contribution is -0.118. The normalized spacial score (nSPS) is 16.8. The van der Waals surface area contributed by atoms with Gasteiger partial charge in [0.15, 0.2) is 5.76 Å². The lowest BCUT2D eigenvalue weighted by Crippen LogP contribution is -2.47. The van der Waals surface area contributed by atoms with E-state index >= 15 is 0 Å². The molecule has 0 saturated carbocycles. The number of amides is 2. The number of furan rings is 1. The Bertz CT molecular complexity index is 875. The highest BCUT2D eigenvalue weighted by Crippen LogP contribution is 2.19. The van der Waals surface area contributed by atoms with Gasteiger partial charge in [0.05, 0.1) is 6.26 Å². The van der Waals surface area contributed by atoms with Gasteiger partial charge in [-0.05, 0) is 48.6 Å². The Morgan fingerprint density at radius 2 is 1.93 bits per heavy atom. The molecule has 2 unspecified atom stereocenters. The van der Waals surface area contributed by atoms with Crippen molar-refractivity contribution in [1.82, 2.24) is 5.32 Å². The maximum absolute atomic E-state index is 12.8. The number of ether oxygens (including phenoxy) is 1. The summed E-state index contributed by atoms with van der Waals surface area (Å²) in [5.74, 6) is -0.266. The number of anilines is 1. The number of benzene rings is 1. The van der Waals surface area contributed by atoms with E-state index in [9.17, 15) is 13.8 Å². The van der Waals surface area contributed by atoms with Gasteiger partial charge in [0, 0.05) is 40.7 Å². The molecule has 2 heterocycles. The van der Waals surface area contributed by atoms with Crippen molar-refractivity contribution in [3.05, 3.63) is 54.0 Å². The van der Waals surface area contributed by atoms with Crippen LogP contribution in [0.3, 0.4) is 0 Å². The molecule has 0 spiro atoms. The number of rotatable bonds is 8. The Balaban J connectivity index is 1.62. The van der Waals surface area contributed by atoms with Gasteiger partial charge in [-0.15, -0.1) is 0 Å². The van der Waals surface area contributed by atoms with Crippen LogP contribution in [-0.2, 0) is 26.1 Å². The molecule has 162 valence electrons. The highest BCUT2D eigenvalue weighted by atomic mass is 32.2. The molecule has 1 aliphatic heterocycles. The second kappa shape index (κ2) is 10.5. The quantitative estimate of drug-likeness (QED) is 0.668. The first kappa shape index (κ1) is 22.2. The van der Waals surface area contributed by atoms with Gasteiger partial charge in [0.1, 0.15) is 6.04 Å². The van der Waals surface area contributed by atoms with E-state index in [0.29, 0.717) is 24.7 Å². The Hall–Kier alpha value is -2.45. The van der Waals surface area contributed by atoms with Crippen molar-refractivity contribution in [2.24, 2.45) is 5.92 Å². The second-order valence-electron chi connectivity index (χ2n) is 7.70. The van der Waals surface area contributed by atoms with Gasteiger partial charge in [0.2, 0.25) is 5.91 Å². The van der Waals surface area contributed by atoms with Gasteiger partial charge in [-0.3, -0.25) is 13.8 Å². The molecule has 0 bridgehead atoms. The van der Waals surface area contributed by atoms with Crippen molar-refractivity contribution in [1.29, 1.82) is 0 Å². The third kappa shape index (κ3) is 6.03. The molecule has 0 radical (unpaired) electrons. The van der Waals surface area contributed by atoms with Crippen molar-refractivity contribution in [3.8, 4) is 0 Å². The lowest BCUT2D eigenvalue weighted by atomic mass is 10.0. The van der Waals surface area contributed by atoms with Crippen molar-refractivity contribution in [2.45, 2.75) is 43.7 Å². The Morgan fingerprint density at radius 1 is 1.17 bits per heavy atom. The summed E-state index contributed by atoms with van der Waals surface area (Å²) < 4.78 is 23.1. The van der Waals surface area contributed by atoms with Gasteiger partial charge in [-0.2, -0.15) is 0 Å². The molecule has 1 aromatic carbocycles. The highest BCUT2D eigenvalue weighted by molar-refractivity contribution is 7.84. The van der Waals surface area contributed by atoms with E-state index in [2.05, 4.69) is 10.6 Å². The number of carbonyl (C=O) groups is 2. The zero-order valence-corrected chi connectivity index (χ0v) is 18.1. The average molecular weight is 433 g/mol. The Morgan fingerprint density at radius 3 is 2.60 bits per heavy atom. The van der Waals surface area contributed by atoms with Crippen molar-refractivity contribution in [2.75, 3.05) is 18.5 Å². The molecule has 2 aromatic rings. The van der Waals surface area contributed by atoms with Gasteiger partial charge in [-0.25, -0.2) is 0 Å². The number of nitrogens with one attached hydrogen (secondary N) is 2. The Labute approximate surface area is 179 Å². The first-order chi connectivity index (χ1) is 14.4. The molecule has 2 N–H and O–H groups in total. The Kier molecular flexibility index (Phi) is 7.81. The van der Waals surface area contributed by atoms with Crippen LogP contribution in [0.2, 0.25) is 0 Å². The standard InChI is InChI=1S/C22H28N2O5S/c1-15(2)20(24-21(25)19-7-4-10-29-19)22(26)23-17-6-3-5-16(13-17)14-30(27)18-8-11-28-12-9-18/h3-7,10,13,15,18,20H,8-9,11-12,14H2,1-2H3,(H,23,26)(H,24,25). The van der Waals surface area contributed by atoms with E-state index in [1.807, 2.05) is 32.0 Å². The fourth-order valence-electron chi connectivity index (χ4n) is 3.33. The molecule has 30 heavy (non-hydrogen) atoms. The van der Waals surface area contributed by atoms with E-state index in [1.165, 1.54) is 6.26 Å². The minimum Gasteiger partial charge on any atom is -0.459 e. The van der Waals surface area contributed by atoms with Crippen LogP contribution in [0.25, 0.3) is 0 Å². The summed E-state index contributed by atoms with van der Waals surface area (Å²) in [5, 5.41) is 5.74. The minimum absolute atomic E-state index is 0.117. The van der Waals surface area contributed by atoms with E-state index in [1.54, 1.807) is 18.2 Å². The summed E-state index contributed by atoms with van der Waals surface area (Å²) >= 11 is 0. The van der Waals surface area contributed by atoms with Crippen molar-refractivity contribution >= 4 is 28.3 Å². The van der Waals surface area contributed by atoms with Crippen molar-refractivity contribution < 1.29 is 23.0 Å². The molecule has 8 heteroatoms. The van der Waals surface area contributed by atoms with Crippen LogP contribution in [-0.4, -0.2) is 40.5 Å². The largest absolute Gasteiger partial charge is 0.459 e. The average Bonchev–Trinajstić information content (AvgIpc) is 3.27. The molecule has 2 atom stereocenters. The first-order valence-electron chi connectivity index (χ1n) is 10.1. The summed E-state index contributed by atoms with van der Waals surface area (Å²) in [6, 6.07) is 9.80. The number of hydrogen-bond donors (Lipinski definition) is 2. The predicted octanol–water partition coefficient (Wildman–Crippen LogP) is 3.10. The van der Waals surface area contributed by atoms with E-state index < -0.39 is 22.7 Å². The maximum atomic E-state index is 12.8. The highest BCUT2D eigenvalue weighted by Gasteiger charge is 2.26. The smallest absolute Gasteiger partial charge is 0.287 e. The van der Waals surface area contributed by atoms with Crippen LogP contribution in [0.1, 0.15) is 42.8 Å². The lowest BCUT2D eigenvalue weighted by Gasteiger charge is -2.22. The predicted molar refractivity (Wildman–Crippen MR) is 116 cm³/mol. The van der Waals surface area contributed by atoms with Gasteiger partial charge >= 0.3 is 0 Å². The summed E-state index contributed by atoms with van der Waals surface area (Å²) in [5.41, 5.74) is 1.51. The molecule has 0 aliphatic carbocycles. The van der Waals surface area contributed by atoms with Crippen LogP contribution in [0.5, 0.6) is 0 Å². The number of carbonyl (C=O) groups excluding carboxylic acids is 2. The zero-order valence-electron chi connectivity index (χ0n) is 17.3. The summed E-state index contributed by atoms with van der Waals surface area (Å²) in [4.78, 5) is 25.1. The molecular formula is C22H28N2O5S. The molecular weight excluding hydrogens is 404 g/mol. The van der Waals surface area contributed by atoms with Crippen LogP contribution in [0, 0.1) is 5.92 Å². The van der Waals surface area contributed by atoms with Gasteiger partial charge in [0.25, 0.3) is 5.91 Å². The third-order valence-corrected chi connectivity index (χ3v) is 6.86. The maximum Gasteiger partial charge on any atom is 0.287 e. The second-order valence-corrected chi connectivity index (χ2v) is 9.42. The monoisotopic (exact) mass is 432 g/mol. The van der Waals surface area contributed by atoms with Crippen LogP contribution >= 0.6 is 0 Å². The molecule has 1 aliphatic rings. The molecule has 7 nitrogen and oxygen atoms in total. The van der Waals surface area contributed by atoms with E-state index in [4.69, 9.17) is 9.15 Å². The van der Waals surface area contributed by atoms with E-state index in [-0.39, 0.29) is 22.8 Å². The summed E-state index contributed by atoms with van der Waals surface area (Å²) in [7, 11) is -0.980. The molecule has 1 saturated heterocycles. The van der Waals surface area contributed by atoms with Crippen LogP contribution in [0.4, 0.5) is 5.69 Å². The molecule has 3 rings (SSSR count). The molecule has 1 aromatic heterocycles. The summed E-state index contributed by atoms with van der Waals surface area (Å²) in [6.07, 6.45) is 3.04. The van der Waals surface area contributed by atoms with Gasteiger partial charge < -0.3 is 19.8 Å². The number of hydrogen-bond acceptors (Lipinski definition) is 5. The molecule has 1 fully saturated rings.